The van der Waals surface area contributed by atoms with Gasteiger partial charge in [-0.25, -0.2) is 0 Å². The zero-order valence-electron chi connectivity index (χ0n) is 12.1. The van der Waals surface area contributed by atoms with Crippen LogP contribution in [0.4, 0.5) is 0 Å². The Morgan fingerprint density at radius 3 is 2.00 bits per heavy atom. The molecule has 0 saturated heterocycles. The predicted molar refractivity (Wildman–Crippen MR) is 79.1 cm³/mol. The van der Waals surface area contributed by atoms with Crippen LogP contribution in [0.2, 0.25) is 0 Å². The highest BCUT2D eigenvalue weighted by Crippen LogP contribution is 2.16. The van der Waals surface area contributed by atoms with E-state index in [4.69, 9.17) is 0 Å². The summed E-state index contributed by atoms with van der Waals surface area (Å²) in [5.41, 5.74) is 0.690. The maximum absolute atomic E-state index is 11.5. The fourth-order valence-electron chi connectivity index (χ4n) is 2.38. The topological polar surface area (TPSA) is 34.1 Å². The summed E-state index contributed by atoms with van der Waals surface area (Å²) in [6, 6.07) is 0. The van der Waals surface area contributed by atoms with E-state index >= 15 is 0 Å². The fourth-order valence-corrected chi connectivity index (χ4v) is 2.38. The summed E-state index contributed by atoms with van der Waals surface area (Å²) in [7, 11) is 0. The Labute approximate surface area is 117 Å². The number of carbonyl (C=O) groups is 2. The van der Waals surface area contributed by atoms with Crippen molar-refractivity contribution in [3.63, 3.8) is 0 Å². The van der Waals surface area contributed by atoms with E-state index < -0.39 is 0 Å². The van der Waals surface area contributed by atoms with E-state index in [2.05, 4.69) is 6.92 Å². The van der Waals surface area contributed by atoms with Gasteiger partial charge in [0.1, 0.15) is 0 Å². The van der Waals surface area contributed by atoms with Crippen LogP contribution in [0.15, 0.2) is 23.8 Å². The molecule has 0 aromatic heterocycles. The SMILES string of the molecule is CCCCCCCCCCCC1=CC(=O)C=CC1=O. The smallest absolute Gasteiger partial charge is 0.182 e. The maximum atomic E-state index is 11.5. The van der Waals surface area contributed by atoms with Gasteiger partial charge in [-0.15, -0.1) is 0 Å². The van der Waals surface area contributed by atoms with Gasteiger partial charge in [0.15, 0.2) is 11.6 Å². The van der Waals surface area contributed by atoms with E-state index in [1.165, 1.54) is 63.2 Å². The van der Waals surface area contributed by atoms with E-state index in [9.17, 15) is 9.59 Å². The van der Waals surface area contributed by atoms with E-state index in [-0.39, 0.29) is 11.6 Å². The molecule has 0 unspecified atom stereocenters. The molecule has 2 heteroatoms. The second-order valence-corrected chi connectivity index (χ2v) is 5.35. The standard InChI is InChI=1S/C17H26O2/c1-2-3-4-5-6-7-8-9-10-11-15-14-16(18)12-13-17(15)19/h12-14H,2-11H2,1H3. The maximum Gasteiger partial charge on any atom is 0.182 e. The van der Waals surface area contributed by atoms with Gasteiger partial charge < -0.3 is 0 Å². The molecule has 19 heavy (non-hydrogen) atoms. The Balaban J connectivity index is 1.99. The number of rotatable bonds is 10. The minimum Gasteiger partial charge on any atom is -0.290 e. The fraction of sp³-hybridized carbons (Fsp3) is 0.647. The van der Waals surface area contributed by atoms with Crippen molar-refractivity contribution in [1.82, 2.24) is 0 Å². The largest absolute Gasteiger partial charge is 0.290 e. The van der Waals surface area contributed by atoms with Crippen molar-refractivity contribution < 1.29 is 9.59 Å². The lowest BCUT2D eigenvalue weighted by molar-refractivity contribution is -0.114. The Bertz CT molecular complexity index is 350. The Morgan fingerprint density at radius 2 is 1.37 bits per heavy atom. The average Bonchev–Trinajstić information content (AvgIpc) is 2.40. The lowest BCUT2D eigenvalue weighted by atomic mass is 9.97. The van der Waals surface area contributed by atoms with E-state index in [0.717, 1.165) is 19.3 Å². The highest BCUT2D eigenvalue weighted by molar-refractivity contribution is 6.17. The normalized spacial score (nSPS) is 14.9. The van der Waals surface area contributed by atoms with Crippen LogP contribution < -0.4 is 0 Å². The molecule has 0 N–H and O–H groups in total. The van der Waals surface area contributed by atoms with Crippen LogP contribution in [0.25, 0.3) is 0 Å². The van der Waals surface area contributed by atoms with Gasteiger partial charge in [0.2, 0.25) is 0 Å². The lowest BCUT2D eigenvalue weighted by Crippen LogP contribution is -2.07. The van der Waals surface area contributed by atoms with Crippen molar-refractivity contribution in [1.29, 1.82) is 0 Å². The molecule has 0 aromatic rings. The molecule has 0 saturated carbocycles. The summed E-state index contributed by atoms with van der Waals surface area (Å²) in [5, 5.41) is 0. The van der Waals surface area contributed by atoms with Gasteiger partial charge in [0, 0.05) is 5.57 Å². The highest BCUT2D eigenvalue weighted by Gasteiger charge is 2.12. The monoisotopic (exact) mass is 262 g/mol. The van der Waals surface area contributed by atoms with Crippen LogP contribution in [0.1, 0.15) is 71.1 Å². The number of unbranched alkanes of at least 4 members (excludes halogenated alkanes) is 8. The van der Waals surface area contributed by atoms with Crippen molar-refractivity contribution in [2.45, 2.75) is 71.1 Å². The Hall–Kier alpha value is -1.18. The number of hydrogen-bond acceptors (Lipinski definition) is 2. The van der Waals surface area contributed by atoms with Gasteiger partial charge in [-0.3, -0.25) is 9.59 Å². The first-order valence-corrected chi connectivity index (χ1v) is 7.71. The van der Waals surface area contributed by atoms with Crippen LogP contribution in [0.3, 0.4) is 0 Å². The van der Waals surface area contributed by atoms with Crippen LogP contribution in [0.5, 0.6) is 0 Å². The number of carbonyl (C=O) groups excluding carboxylic acids is 2. The summed E-state index contributed by atoms with van der Waals surface area (Å²) in [4.78, 5) is 22.7. The van der Waals surface area contributed by atoms with Crippen LogP contribution in [0, 0.1) is 0 Å². The third-order valence-electron chi connectivity index (χ3n) is 3.58. The summed E-state index contributed by atoms with van der Waals surface area (Å²) >= 11 is 0. The minimum absolute atomic E-state index is 0.0131. The molecular weight excluding hydrogens is 236 g/mol. The second kappa shape index (κ2) is 9.71. The van der Waals surface area contributed by atoms with Crippen molar-refractivity contribution in [2.24, 2.45) is 0 Å². The molecule has 0 atom stereocenters. The molecular formula is C17H26O2. The first-order valence-electron chi connectivity index (χ1n) is 7.71. The minimum atomic E-state index is -0.0504. The molecule has 0 radical (unpaired) electrons. The van der Waals surface area contributed by atoms with Crippen molar-refractivity contribution in [3.8, 4) is 0 Å². The van der Waals surface area contributed by atoms with Crippen molar-refractivity contribution >= 4 is 11.6 Å². The van der Waals surface area contributed by atoms with Gasteiger partial charge in [-0.05, 0) is 31.1 Å². The van der Waals surface area contributed by atoms with E-state index in [0.29, 0.717) is 5.57 Å². The molecule has 0 fully saturated rings. The molecule has 1 aliphatic carbocycles. The second-order valence-electron chi connectivity index (χ2n) is 5.35. The molecule has 2 nitrogen and oxygen atoms in total. The van der Waals surface area contributed by atoms with Crippen LogP contribution in [-0.4, -0.2) is 11.6 Å². The van der Waals surface area contributed by atoms with Gasteiger partial charge in [0.05, 0.1) is 0 Å². The molecule has 0 bridgehead atoms. The van der Waals surface area contributed by atoms with Crippen LogP contribution >= 0.6 is 0 Å². The quantitative estimate of drug-likeness (QED) is 0.428. The molecule has 0 amide bonds. The molecule has 1 rings (SSSR count). The summed E-state index contributed by atoms with van der Waals surface area (Å²) < 4.78 is 0. The summed E-state index contributed by atoms with van der Waals surface area (Å²) in [6.07, 6.45) is 16.4. The third kappa shape index (κ3) is 7.09. The first-order chi connectivity index (χ1) is 9.24. The first kappa shape index (κ1) is 15.9. The average molecular weight is 262 g/mol. The predicted octanol–water partition coefficient (Wildman–Crippen LogP) is 4.54. The Kier molecular flexibility index (Phi) is 8.11. The highest BCUT2D eigenvalue weighted by atomic mass is 16.1. The van der Waals surface area contributed by atoms with E-state index in [1.54, 1.807) is 0 Å². The molecule has 0 aliphatic heterocycles. The molecule has 1 aliphatic rings. The number of hydrogen-bond donors (Lipinski definition) is 0. The van der Waals surface area contributed by atoms with Gasteiger partial charge >= 0.3 is 0 Å². The molecule has 106 valence electrons. The van der Waals surface area contributed by atoms with E-state index in [1.807, 2.05) is 0 Å². The van der Waals surface area contributed by atoms with Gasteiger partial charge in [-0.2, -0.15) is 0 Å². The molecule has 0 aromatic carbocycles. The van der Waals surface area contributed by atoms with Gasteiger partial charge in [0.25, 0.3) is 0 Å². The molecule has 0 spiro atoms. The van der Waals surface area contributed by atoms with Crippen molar-refractivity contribution in [2.75, 3.05) is 0 Å². The zero-order valence-corrected chi connectivity index (χ0v) is 12.1. The lowest BCUT2D eigenvalue weighted by Gasteiger charge is -2.06. The number of allylic oxidation sites excluding steroid dienone is 4. The third-order valence-corrected chi connectivity index (χ3v) is 3.58. The zero-order chi connectivity index (χ0) is 13.9. The summed E-state index contributed by atoms with van der Waals surface area (Å²) in [5.74, 6) is -0.0373. The number of ketones is 2. The summed E-state index contributed by atoms with van der Waals surface area (Å²) in [6.45, 7) is 2.24. The molecule has 0 heterocycles. The van der Waals surface area contributed by atoms with Crippen LogP contribution in [-0.2, 0) is 9.59 Å². The Morgan fingerprint density at radius 1 is 0.789 bits per heavy atom. The van der Waals surface area contributed by atoms with Gasteiger partial charge in [-0.1, -0.05) is 58.3 Å². The van der Waals surface area contributed by atoms with Crippen molar-refractivity contribution in [3.05, 3.63) is 23.8 Å².